The van der Waals surface area contributed by atoms with Crippen LogP contribution < -0.4 is 10.5 Å². The first-order valence-electron chi connectivity index (χ1n) is 5.74. The number of carbonyl (C=O) groups is 1. The van der Waals surface area contributed by atoms with Crippen LogP contribution in [0.5, 0.6) is 5.75 Å². The van der Waals surface area contributed by atoms with E-state index in [1.807, 2.05) is 18.2 Å². The molecule has 1 aliphatic rings. The highest BCUT2D eigenvalue weighted by Gasteiger charge is 2.41. The van der Waals surface area contributed by atoms with E-state index in [1.54, 1.807) is 12.1 Å². The molecule has 1 aliphatic carbocycles. The van der Waals surface area contributed by atoms with E-state index in [0.29, 0.717) is 12.3 Å². The maximum atomic E-state index is 12.1. The van der Waals surface area contributed by atoms with Gasteiger partial charge in [-0.2, -0.15) is 0 Å². The summed E-state index contributed by atoms with van der Waals surface area (Å²) >= 11 is 0. The van der Waals surface area contributed by atoms with Crippen LogP contribution in [0.4, 0.5) is 0 Å². The van der Waals surface area contributed by atoms with Crippen LogP contribution >= 0.6 is 0 Å². The van der Waals surface area contributed by atoms with Crippen molar-refractivity contribution in [1.29, 1.82) is 0 Å². The summed E-state index contributed by atoms with van der Waals surface area (Å²) in [5, 5.41) is 0. The van der Waals surface area contributed by atoms with Gasteiger partial charge in [-0.1, -0.05) is 31.0 Å². The number of para-hydroxylation sites is 1. The van der Waals surface area contributed by atoms with Crippen LogP contribution in [-0.2, 0) is 4.79 Å². The molecule has 3 nitrogen and oxygen atoms in total. The molecule has 1 aromatic carbocycles. The van der Waals surface area contributed by atoms with Crippen molar-refractivity contribution in [2.75, 3.05) is 6.54 Å². The summed E-state index contributed by atoms with van der Waals surface area (Å²) in [6.45, 7) is 0.388. The summed E-state index contributed by atoms with van der Waals surface area (Å²) in [6.07, 6.45) is 3.85. The van der Waals surface area contributed by atoms with E-state index in [-0.39, 0.29) is 5.97 Å². The standard InChI is InChI=1S/C13H17NO2/c14-10-13(8-4-5-9-13)12(15)16-11-6-2-1-3-7-11/h1-3,6-7H,4-5,8-10,14H2. The van der Waals surface area contributed by atoms with Crippen molar-refractivity contribution in [3.05, 3.63) is 30.3 Å². The largest absolute Gasteiger partial charge is 0.426 e. The molecule has 0 spiro atoms. The van der Waals surface area contributed by atoms with Crippen molar-refractivity contribution in [2.45, 2.75) is 25.7 Å². The zero-order valence-electron chi connectivity index (χ0n) is 9.32. The molecule has 0 atom stereocenters. The van der Waals surface area contributed by atoms with Gasteiger partial charge in [-0.15, -0.1) is 0 Å². The quantitative estimate of drug-likeness (QED) is 0.625. The smallest absolute Gasteiger partial charge is 0.318 e. The van der Waals surface area contributed by atoms with E-state index in [1.165, 1.54) is 0 Å². The zero-order chi connectivity index (χ0) is 11.4. The molecule has 0 bridgehead atoms. The van der Waals surface area contributed by atoms with Crippen molar-refractivity contribution in [3.63, 3.8) is 0 Å². The predicted octanol–water partition coefficient (Wildman–Crippen LogP) is 2.11. The Morgan fingerprint density at radius 3 is 2.44 bits per heavy atom. The van der Waals surface area contributed by atoms with Gasteiger partial charge in [-0.3, -0.25) is 4.79 Å². The summed E-state index contributed by atoms with van der Waals surface area (Å²) in [6, 6.07) is 9.18. The molecule has 1 saturated carbocycles. The van der Waals surface area contributed by atoms with Crippen molar-refractivity contribution in [1.82, 2.24) is 0 Å². The van der Waals surface area contributed by atoms with Crippen LogP contribution in [0, 0.1) is 5.41 Å². The third-order valence-electron chi connectivity index (χ3n) is 3.34. The Morgan fingerprint density at radius 2 is 1.88 bits per heavy atom. The number of hydrogen-bond acceptors (Lipinski definition) is 3. The second-order valence-electron chi connectivity index (χ2n) is 4.39. The van der Waals surface area contributed by atoms with E-state index in [9.17, 15) is 4.79 Å². The van der Waals surface area contributed by atoms with Gasteiger partial charge in [-0.05, 0) is 25.0 Å². The molecule has 0 aromatic heterocycles. The summed E-state index contributed by atoms with van der Waals surface area (Å²) in [4.78, 5) is 12.1. The Bertz CT molecular complexity index is 355. The lowest BCUT2D eigenvalue weighted by Crippen LogP contribution is -2.39. The van der Waals surface area contributed by atoms with E-state index >= 15 is 0 Å². The van der Waals surface area contributed by atoms with Crippen LogP contribution in [0.25, 0.3) is 0 Å². The molecule has 86 valence electrons. The number of carbonyl (C=O) groups excluding carboxylic acids is 1. The minimum atomic E-state index is -0.435. The molecule has 1 fully saturated rings. The van der Waals surface area contributed by atoms with Crippen molar-refractivity contribution in [2.24, 2.45) is 11.1 Å². The van der Waals surface area contributed by atoms with Gasteiger partial charge in [-0.25, -0.2) is 0 Å². The van der Waals surface area contributed by atoms with Gasteiger partial charge in [0, 0.05) is 6.54 Å². The molecule has 0 saturated heterocycles. The van der Waals surface area contributed by atoms with Crippen LogP contribution in [0.1, 0.15) is 25.7 Å². The van der Waals surface area contributed by atoms with Gasteiger partial charge in [0.2, 0.25) is 0 Å². The average Bonchev–Trinajstić information content (AvgIpc) is 2.80. The summed E-state index contributed by atoms with van der Waals surface area (Å²) < 4.78 is 5.37. The van der Waals surface area contributed by atoms with Gasteiger partial charge >= 0.3 is 5.97 Å². The molecule has 3 heteroatoms. The number of benzene rings is 1. The van der Waals surface area contributed by atoms with Gasteiger partial charge in [0.15, 0.2) is 0 Å². The molecule has 0 aliphatic heterocycles. The number of hydrogen-bond donors (Lipinski definition) is 1. The van der Waals surface area contributed by atoms with Crippen molar-refractivity contribution >= 4 is 5.97 Å². The predicted molar refractivity (Wildman–Crippen MR) is 62.0 cm³/mol. The molecule has 2 N–H and O–H groups in total. The topological polar surface area (TPSA) is 52.3 Å². The third kappa shape index (κ3) is 2.09. The lowest BCUT2D eigenvalue weighted by molar-refractivity contribution is -0.145. The molecular formula is C13H17NO2. The fourth-order valence-electron chi connectivity index (χ4n) is 2.25. The molecule has 2 rings (SSSR count). The van der Waals surface area contributed by atoms with E-state index < -0.39 is 5.41 Å². The molecule has 1 aromatic rings. The Kier molecular flexibility index (Phi) is 3.25. The van der Waals surface area contributed by atoms with E-state index in [0.717, 1.165) is 25.7 Å². The van der Waals surface area contributed by atoms with Crippen LogP contribution in [0.15, 0.2) is 30.3 Å². The van der Waals surface area contributed by atoms with E-state index in [4.69, 9.17) is 10.5 Å². The normalized spacial score (nSPS) is 18.3. The number of esters is 1. The maximum absolute atomic E-state index is 12.1. The molecular weight excluding hydrogens is 202 g/mol. The van der Waals surface area contributed by atoms with Crippen LogP contribution in [-0.4, -0.2) is 12.5 Å². The van der Waals surface area contributed by atoms with E-state index in [2.05, 4.69) is 0 Å². The fourth-order valence-corrected chi connectivity index (χ4v) is 2.25. The van der Waals surface area contributed by atoms with Gasteiger partial charge in [0.1, 0.15) is 5.75 Å². The Morgan fingerprint density at radius 1 is 1.25 bits per heavy atom. The Hall–Kier alpha value is -1.35. The van der Waals surface area contributed by atoms with Gasteiger partial charge in [0.25, 0.3) is 0 Å². The number of nitrogens with two attached hydrogens (primary N) is 1. The first-order valence-corrected chi connectivity index (χ1v) is 5.74. The van der Waals surface area contributed by atoms with Gasteiger partial charge in [0.05, 0.1) is 5.41 Å². The Labute approximate surface area is 95.6 Å². The molecule has 0 amide bonds. The molecule has 0 radical (unpaired) electrons. The Balaban J connectivity index is 2.07. The van der Waals surface area contributed by atoms with Crippen molar-refractivity contribution in [3.8, 4) is 5.75 Å². The minimum Gasteiger partial charge on any atom is -0.426 e. The maximum Gasteiger partial charge on any atom is 0.318 e. The first-order chi connectivity index (χ1) is 7.77. The average molecular weight is 219 g/mol. The number of ether oxygens (including phenoxy) is 1. The van der Waals surface area contributed by atoms with Crippen LogP contribution in [0.3, 0.4) is 0 Å². The second kappa shape index (κ2) is 4.66. The summed E-state index contributed by atoms with van der Waals surface area (Å²) in [7, 11) is 0. The lowest BCUT2D eigenvalue weighted by atomic mass is 9.86. The zero-order valence-corrected chi connectivity index (χ0v) is 9.32. The highest BCUT2D eigenvalue weighted by molar-refractivity contribution is 5.79. The minimum absolute atomic E-state index is 0.168. The first kappa shape index (κ1) is 11.1. The second-order valence-corrected chi connectivity index (χ2v) is 4.39. The SMILES string of the molecule is NCC1(C(=O)Oc2ccccc2)CCCC1. The highest BCUT2D eigenvalue weighted by atomic mass is 16.5. The fraction of sp³-hybridized carbons (Fsp3) is 0.462. The number of rotatable bonds is 3. The molecule has 0 heterocycles. The molecule has 0 unspecified atom stereocenters. The highest BCUT2D eigenvalue weighted by Crippen LogP contribution is 2.38. The molecule has 16 heavy (non-hydrogen) atoms. The monoisotopic (exact) mass is 219 g/mol. The third-order valence-corrected chi connectivity index (χ3v) is 3.34. The summed E-state index contributed by atoms with van der Waals surface area (Å²) in [5.41, 5.74) is 5.29. The summed E-state index contributed by atoms with van der Waals surface area (Å²) in [5.74, 6) is 0.436. The lowest BCUT2D eigenvalue weighted by Gasteiger charge is -2.24. The van der Waals surface area contributed by atoms with Crippen molar-refractivity contribution < 1.29 is 9.53 Å². The van der Waals surface area contributed by atoms with Crippen LogP contribution in [0.2, 0.25) is 0 Å². The van der Waals surface area contributed by atoms with Gasteiger partial charge < -0.3 is 10.5 Å².